The molecule has 0 unspecified atom stereocenters. The summed E-state index contributed by atoms with van der Waals surface area (Å²) in [7, 11) is 0. The molecule has 0 fully saturated rings. The van der Waals surface area contributed by atoms with Crippen molar-refractivity contribution in [3.63, 3.8) is 0 Å². The number of aliphatic imine (C=N–C) groups is 2. The van der Waals surface area contributed by atoms with Crippen molar-refractivity contribution >= 4 is 22.8 Å². The molecule has 40 heavy (non-hydrogen) atoms. The van der Waals surface area contributed by atoms with Crippen LogP contribution in [0.4, 0.5) is 11.4 Å². The van der Waals surface area contributed by atoms with Crippen LogP contribution in [0.3, 0.4) is 0 Å². The van der Waals surface area contributed by atoms with E-state index in [1.807, 2.05) is 60.7 Å². The number of fused-ring (bicyclic) bond motifs is 2. The van der Waals surface area contributed by atoms with Crippen LogP contribution < -0.4 is 0 Å². The van der Waals surface area contributed by atoms with E-state index in [1.165, 1.54) is 0 Å². The molecular formula is C34H22N6. The highest BCUT2D eigenvalue weighted by atomic mass is 14.9. The molecule has 0 saturated carbocycles. The highest BCUT2D eigenvalue weighted by molar-refractivity contribution is 6.21. The quantitative estimate of drug-likeness (QED) is 0.248. The molecule has 0 aliphatic carbocycles. The first-order valence-corrected chi connectivity index (χ1v) is 13.0. The van der Waals surface area contributed by atoms with E-state index >= 15 is 0 Å². The standard InChI is InChI=1S/C34H22N6/c1-3-19-35-27(7-1)23-11-15-25(16-12-23)31-33-29(9-5-21-37-33)40-32(34-30(39-31)10-6-22-38-34)26-17-13-24(14-18-26)28-8-2-4-20-36-28/h1-22H/b33-31?,34-32?,39-30?,39-31-,40-29?,40-32-. The van der Waals surface area contributed by atoms with Crippen LogP contribution in [0.2, 0.25) is 0 Å². The second-order valence-corrected chi connectivity index (χ2v) is 9.25. The smallest absolute Gasteiger partial charge is 0.115 e. The topological polar surface area (TPSA) is 76.3 Å². The minimum Gasteiger partial charge on any atom is -0.256 e. The zero-order valence-electron chi connectivity index (χ0n) is 21.4. The van der Waals surface area contributed by atoms with E-state index < -0.39 is 0 Å². The predicted molar refractivity (Wildman–Crippen MR) is 158 cm³/mol. The summed E-state index contributed by atoms with van der Waals surface area (Å²) in [6, 6.07) is 36.0. The zero-order chi connectivity index (χ0) is 26.7. The highest BCUT2D eigenvalue weighted by Gasteiger charge is 2.22. The van der Waals surface area contributed by atoms with Crippen LogP contribution in [0.25, 0.3) is 22.5 Å². The molecule has 0 saturated heterocycles. The van der Waals surface area contributed by atoms with Gasteiger partial charge in [0.25, 0.3) is 0 Å². The van der Waals surface area contributed by atoms with Gasteiger partial charge >= 0.3 is 0 Å². The van der Waals surface area contributed by atoms with Crippen molar-refractivity contribution < 1.29 is 0 Å². The summed E-state index contributed by atoms with van der Waals surface area (Å²) >= 11 is 0. The summed E-state index contributed by atoms with van der Waals surface area (Å²) < 4.78 is 0. The lowest BCUT2D eigenvalue weighted by Gasteiger charge is -2.17. The van der Waals surface area contributed by atoms with Crippen LogP contribution in [-0.2, 0) is 0 Å². The van der Waals surface area contributed by atoms with Crippen molar-refractivity contribution in [2.24, 2.45) is 9.98 Å². The molecule has 6 heteroatoms. The summed E-state index contributed by atoms with van der Waals surface area (Å²) in [6.07, 6.45) is 7.15. The van der Waals surface area contributed by atoms with Gasteiger partial charge < -0.3 is 0 Å². The van der Waals surface area contributed by atoms with Gasteiger partial charge in [-0.1, -0.05) is 60.7 Å². The van der Waals surface area contributed by atoms with Crippen LogP contribution in [-0.4, -0.2) is 31.4 Å². The number of aromatic nitrogens is 4. The first kappa shape index (κ1) is 23.5. The van der Waals surface area contributed by atoms with E-state index in [1.54, 1.807) is 24.8 Å². The number of rotatable bonds is 4. The fourth-order valence-corrected chi connectivity index (χ4v) is 4.75. The molecule has 0 N–H and O–H groups in total. The van der Waals surface area contributed by atoms with Crippen molar-refractivity contribution in [2.45, 2.75) is 0 Å². The molecule has 6 aromatic rings. The van der Waals surface area contributed by atoms with Crippen molar-refractivity contribution in [3.8, 4) is 22.5 Å². The van der Waals surface area contributed by atoms with Gasteiger partial charge in [0.05, 0.1) is 34.2 Å². The third kappa shape index (κ3) is 4.48. The molecule has 5 heterocycles. The van der Waals surface area contributed by atoms with Gasteiger partial charge in [0.1, 0.15) is 11.4 Å². The zero-order valence-corrected chi connectivity index (χ0v) is 21.4. The third-order valence-electron chi connectivity index (χ3n) is 6.72. The molecular weight excluding hydrogens is 492 g/mol. The predicted octanol–water partition coefficient (Wildman–Crippen LogP) is 7.25. The van der Waals surface area contributed by atoms with E-state index in [0.29, 0.717) is 11.4 Å². The van der Waals surface area contributed by atoms with Crippen molar-refractivity contribution in [3.05, 3.63) is 156 Å². The van der Waals surface area contributed by atoms with Gasteiger partial charge in [0, 0.05) is 47.0 Å². The molecule has 1 aliphatic rings. The fraction of sp³-hybridized carbons (Fsp3) is 0. The Balaban J connectivity index is 1.34. The average Bonchev–Trinajstić information content (AvgIpc) is 3.03. The summed E-state index contributed by atoms with van der Waals surface area (Å²) in [5.74, 6) is 0. The Morgan fingerprint density at radius 3 is 1.12 bits per heavy atom. The SMILES string of the molecule is c1ccc(-c2ccc(/C3=N/c4cccnc4/C(c4ccc(-c5ccccn5)cc4)=N\c4cccnc43)cc2)nc1. The Hall–Kier alpha value is -5.62. The summed E-state index contributed by atoms with van der Waals surface area (Å²) in [4.78, 5) is 28.7. The van der Waals surface area contributed by atoms with Gasteiger partial charge in [-0.2, -0.15) is 0 Å². The number of benzene rings is 2. The lowest BCUT2D eigenvalue weighted by molar-refractivity contribution is 1.22. The van der Waals surface area contributed by atoms with E-state index in [-0.39, 0.29) is 0 Å². The molecule has 2 aromatic carbocycles. The molecule has 0 amide bonds. The Labute approximate surface area is 231 Å². The van der Waals surface area contributed by atoms with Crippen molar-refractivity contribution in [2.75, 3.05) is 0 Å². The highest BCUT2D eigenvalue weighted by Crippen LogP contribution is 2.32. The van der Waals surface area contributed by atoms with E-state index in [4.69, 9.17) is 20.0 Å². The van der Waals surface area contributed by atoms with Crippen LogP contribution in [0.5, 0.6) is 0 Å². The number of hydrogen-bond acceptors (Lipinski definition) is 6. The number of nitrogens with zero attached hydrogens (tertiary/aromatic N) is 6. The van der Waals surface area contributed by atoms with Gasteiger partial charge in [-0.05, 0) is 48.5 Å². The van der Waals surface area contributed by atoms with Gasteiger partial charge in [0.15, 0.2) is 0 Å². The van der Waals surface area contributed by atoms with Crippen molar-refractivity contribution in [1.82, 2.24) is 19.9 Å². The lowest BCUT2D eigenvalue weighted by atomic mass is 9.99. The largest absolute Gasteiger partial charge is 0.256 e. The Kier molecular flexibility index (Phi) is 6.03. The van der Waals surface area contributed by atoms with Gasteiger partial charge in [0.2, 0.25) is 0 Å². The van der Waals surface area contributed by atoms with E-state index in [0.717, 1.165) is 56.4 Å². The van der Waals surface area contributed by atoms with Crippen LogP contribution >= 0.6 is 0 Å². The Morgan fingerprint density at radius 2 is 0.725 bits per heavy atom. The summed E-state index contributed by atoms with van der Waals surface area (Å²) in [5, 5.41) is 0. The maximum atomic E-state index is 5.14. The number of pyridine rings is 4. The second kappa shape index (κ2) is 10.3. The minimum atomic E-state index is 0.713. The van der Waals surface area contributed by atoms with Gasteiger partial charge in [-0.25, -0.2) is 9.98 Å². The van der Waals surface area contributed by atoms with Gasteiger partial charge in [-0.3, -0.25) is 19.9 Å². The minimum absolute atomic E-state index is 0.713. The lowest BCUT2D eigenvalue weighted by Crippen LogP contribution is -2.12. The summed E-state index contributed by atoms with van der Waals surface area (Å²) in [5.41, 5.74) is 10.2. The maximum absolute atomic E-state index is 5.14. The monoisotopic (exact) mass is 514 g/mol. The average molecular weight is 515 g/mol. The molecule has 6 nitrogen and oxygen atoms in total. The van der Waals surface area contributed by atoms with E-state index in [2.05, 4.69) is 58.5 Å². The normalized spacial score (nSPS) is 14.9. The first-order valence-electron chi connectivity index (χ1n) is 13.0. The molecule has 7 rings (SSSR count). The van der Waals surface area contributed by atoms with Gasteiger partial charge in [-0.15, -0.1) is 0 Å². The van der Waals surface area contributed by atoms with Crippen LogP contribution in [0, 0.1) is 0 Å². The second-order valence-electron chi connectivity index (χ2n) is 9.25. The van der Waals surface area contributed by atoms with Crippen LogP contribution in [0.15, 0.2) is 144 Å². The molecule has 1 aliphatic heterocycles. The Bertz CT molecular complexity index is 1720. The molecule has 4 aromatic heterocycles. The fourth-order valence-electron chi connectivity index (χ4n) is 4.75. The van der Waals surface area contributed by atoms with Crippen LogP contribution in [0.1, 0.15) is 22.5 Å². The first-order chi connectivity index (χ1) is 19.8. The van der Waals surface area contributed by atoms with Crippen molar-refractivity contribution in [1.29, 1.82) is 0 Å². The molecule has 0 spiro atoms. The number of hydrogen-bond donors (Lipinski definition) is 0. The molecule has 0 atom stereocenters. The molecule has 188 valence electrons. The maximum Gasteiger partial charge on any atom is 0.115 e. The third-order valence-corrected chi connectivity index (χ3v) is 6.72. The van der Waals surface area contributed by atoms with E-state index in [9.17, 15) is 0 Å². The molecule has 0 radical (unpaired) electrons. The summed E-state index contributed by atoms with van der Waals surface area (Å²) in [6.45, 7) is 0. The Morgan fingerprint density at radius 1 is 0.325 bits per heavy atom. The molecule has 0 bridgehead atoms.